The van der Waals surface area contributed by atoms with Gasteiger partial charge in [0.1, 0.15) is 0 Å². The van der Waals surface area contributed by atoms with Gasteiger partial charge in [-0.3, -0.25) is 11.7 Å². The number of hydrogen-bond acceptors (Lipinski definition) is 2. The molecule has 0 spiro atoms. The molecule has 1 saturated carbocycles. The second-order valence-electron chi connectivity index (χ2n) is 1.77. The largest absolute Gasteiger partial charge is 0.274 e. The van der Waals surface area contributed by atoms with E-state index >= 15 is 0 Å². The molecule has 1 aliphatic carbocycles. The molecule has 0 atom stereocenters. The highest BCUT2D eigenvalue weighted by Gasteiger charge is 1.95. The van der Waals surface area contributed by atoms with Crippen LogP contribution in [0.5, 0.6) is 0 Å². The molecule has 0 aromatic rings. The van der Waals surface area contributed by atoms with E-state index in [1.165, 1.54) is 32.1 Å². The van der Waals surface area contributed by atoms with Crippen LogP contribution in [0.3, 0.4) is 0 Å². The van der Waals surface area contributed by atoms with Gasteiger partial charge >= 0.3 is 0 Å². The molecule has 7 heavy (non-hydrogen) atoms. The van der Waals surface area contributed by atoms with Gasteiger partial charge in [0, 0.05) is 0 Å². The molecule has 0 unspecified atom stereocenters. The summed E-state index contributed by atoms with van der Waals surface area (Å²) in [6, 6.07) is 0. The van der Waals surface area contributed by atoms with Crippen molar-refractivity contribution < 1.29 is 0 Å². The van der Waals surface area contributed by atoms with E-state index in [2.05, 4.69) is 11.7 Å². The van der Waals surface area contributed by atoms with Crippen molar-refractivity contribution in [2.24, 2.45) is 11.7 Å². The summed E-state index contributed by atoms with van der Waals surface area (Å²) in [5.74, 6) is 8.00. The average Bonchev–Trinajstić information content (AvgIpc) is 2.23. The van der Waals surface area contributed by atoms with Crippen LogP contribution in [0.2, 0.25) is 0 Å². The molecule has 1 fully saturated rings. The third-order valence-corrected chi connectivity index (χ3v) is 1.25. The van der Waals surface area contributed by atoms with Crippen LogP contribution in [-0.2, 0) is 0 Å². The van der Waals surface area contributed by atoms with E-state index in [-0.39, 0.29) is 0 Å². The Hall–Kier alpha value is -0.0800. The summed E-state index contributed by atoms with van der Waals surface area (Å²) in [4.78, 5) is 0. The predicted octanol–water partition coefficient (Wildman–Crippen LogP) is 0.769. The lowest BCUT2D eigenvalue weighted by Crippen LogP contribution is -2.02. The molecular weight excluding hydrogens is 88.1 g/mol. The molecule has 0 aliphatic heterocycles. The van der Waals surface area contributed by atoms with Gasteiger partial charge < -0.3 is 0 Å². The minimum atomic E-state index is 1.50. The first-order valence-electron chi connectivity index (χ1n) is 2.83. The number of hydrazine groups is 1. The van der Waals surface area contributed by atoms with E-state index in [0.717, 1.165) is 0 Å². The number of nitrogens with two attached hydrogens (primary N) is 2. The van der Waals surface area contributed by atoms with Crippen LogP contribution in [0, 0.1) is 0 Å². The van der Waals surface area contributed by atoms with E-state index in [9.17, 15) is 0 Å². The van der Waals surface area contributed by atoms with Crippen molar-refractivity contribution in [2.45, 2.75) is 32.1 Å². The Morgan fingerprint density at radius 2 is 0.714 bits per heavy atom. The van der Waals surface area contributed by atoms with Gasteiger partial charge in [-0.25, -0.2) is 0 Å². The molecule has 0 aromatic carbocycles. The Morgan fingerprint density at radius 1 is 0.571 bits per heavy atom. The molecule has 0 radical (unpaired) electrons. The van der Waals surface area contributed by atoms with Crippen LogP contribution in [0.4, 0.5) is 0 Å². The summed E-state index contributed by atoms with van der Waals surface area (Å²) in [5.41, 5.74) is 0. The van der Waals surface area contributed by atoms with Crippen molar-refractivity contribution in [1.82, 2.24) is 0 Å². The van der Waals surface area contributed by atoms with Crippen LogP contribution in [-0.4, -0.2) is 0 Å². The van der Waals surface area contributed by atoms with Gasteiger partial charge in [0.2, 0.25) is 0 Å². The molecular formula is C5H14N2. The van der Waals surface area contributed by atoms with Gasteiger partial charge in [-0.1, -0.05) is 32.1 Å². The molecule has 0 saturated heterocycles. The Morgan fingerprint density at radius 3 is 0.857 bits per heavy atom. The smallest absolute Gasteiger partial charge is 0.0533 e. The normalized spacial score (nSPS) is 18.0. The summed E-state index contributed by atoms with van der Waals surface area (Å²) < 4.78 is 0. The van der Waals surface area contributed by atoms with Crippen LogP contribution in [0.1, 0.15) is 32.1 Å². The fourth-order valence-corrected chi connectivity index (χ4v) is 0.884. The molecule has 44 valence electrons. The minimum absolute atomic E-state index is 1.50. The van der Waals surface area contributed by atoms with Gasteiger partial charge in [-0.15, -0.1) is 0 Å². The maximum atomic E-state index is 4.00. The predicted molar refractivity (Wildman–Crippen MR) is 31.5 cm³/mol. The molecule has 2 heteroatoms. The van der Waals surface area contributed by atoms with Crippen molar-refractivity contribution in [3.63, 3.8) is 0 Å². The van der Waals surface area contributed by atoms with Crippen molar-refractivity contribution >= 4 is 0 Å². The lowest BCUT2D eigenvalue weighted by Gasteiger charge is -1.67. The Bertz CT molecular complexity index is 17.7. The Balaban J connectivity index is 0.000000162. The highest BCUT2D eigenvalue weighted by molar-refractivity contribution is 4.51. The van der Waals surface area contributed by atoms with Gasteiger partial charge in [0.15, 0.2) is 0 Å². The minimum Gasteiger partial charge on any atom is -0.274 e. The Labute approximate surface area is 44.8 Å². The van der Waals surface area contributed by atoms with Crippen LogP contribution in [0.15, 0.2) is 0 Å². The Kier molecular flexibility index (Phi) is 5.85. The first-order valence-corrected chi connectivity index (χ1v) is 2.83. The van der Waals surface area contributed by atoms with Gasteiger partial charge in [-0.2, -0.15) is 0 Å². The summed E-state index contributed by atoms with van der Waals surface area (Å²) in [6.07, 6.45) is 7.50. The number of hydrogen-bond donors (Lipinski definition) is 2. The van der Waals surface area contributed by atoms with E-state index in [0.29, 0.717) is 0 Å². The summed E-state index contributed by atoms with van der Waals surface area (Å²) in [7, 11) is 0. The average molecular weight is 102 g/mol. The standard InChI is InChI=1S/C5H10.H4N2/c1-2-4-5-3-1;1-2/h1-5H2;1-2H2. The first kappa shape index (κ1) is 6.92. The fourth-order valence-electron chi connectivity index (χ4n) is 0.884. The zero-order valence-electron chi connectivity index (χ0n) is 4.69. The quantitative estimate of drug-likeness (QED) is 0.350. The van der Waals surface area contributed by atoms with Crippen molar-refractivity contribution in [2.75, 3.05) is 0 Å². The van der Waals surface area contributed by atoms with Gasteiger partial charge in [0.25, 0.3) is 0 Å². The lowest BCUT2D eigenvalue weighted by atomic mass is 10.4. The molecule has 0 amide bonds. The van der Waals surface area contributed by atoms with Gasteiger partial charge in [-0.05, 0) is 0 Å². The third kappa shape index (κ3) is 3.76. The highest BCUT2D eigenvalue weighted by Crippen LogP contribution is 2.15. The maximum absolute atomic E-state index is 4.00. The molecule has 2 nitrogen and oxygen atoms in total. The lowest BCUT2D eigenvalue weighted by molar-refractivity contribution is 0.886. The van der Waals surface area contributed by atoms with Crippen molar-refractivity contribution in [3.05, 3.63) is 0 Å². The van der Waals surface area contributed by atoms with Crippen LogP contribution >= 0.6 is 0 Å². The van der Waals surface area contributed by atoms with E-state index in [1.54, 1.807) is 0 Å². The molecule has 0 aromatic heterocycles. The van der Waals surface area contributed by atoms with E-state index < -0.39 is 0 Å². The van der Waals surface area contributed by atoms with Crippen molar-refractivity contribution in [1.29, 1.82) is 0 Å². The molecule has 1 rings (SSSR count). The topological polar surface area (TPSA) is 52.0 Å². The zero-order valence-corrected chi connectivity index (χ0v) is 4.69. The fraction of sp³-hybridized carbons (Fsp3) is 1.00. The monoisotopic (exact) mass is 102 g/mol. The second-order valence-corrected chi connectivity index (χ2v) is 1.77. The third-order valence-electron chi connectivity index (χ3n) is 1.25. The van der Waals surface area contributed by atoms with E-state index in [1.807, 2.05) is 0 Å². The van der Waals surface area contributed by atoms with Crippen LogP contribution < -0.4 is 11.7 Å². The van der Waals surface area contributed by atoms with Gasteiger partial charge in [0.05, 0.1) is 0 Å². The maximum Gasteiger partial charge on any atom is -0.0533 e. The summed E-state index contributed by atoms with van der Waals surface area (Å²) >= 11 is 0. The van der Waals surface area contributed by atoms with E-state index in [4.69, 9.17) is 0 Å². The zero-order chi connectivity index (χ0) is 5.54. The second kappa shape index (κ2) is 5.92. The molecule has 1 aliphatic rings. The molecule has 0 bridgehead atoms. The van der Waals surface area contributed by atoms with Crippen LogP contribution in [0.25, 0.3) is 0 Å². The highest BCUT2D eigenvalue weighted by atomic mass is 15.0. The van der Waals surface area contributed by atoms with Crippen molar-refractivity contribution in [3.8, 4) is 0 Å². The first-order chi connectivity index (χ1) is 3.50. The number of rotatable bonds is 0. The summed E-state index contributed by atoms with van der Waals surface area (Å²) in [6.45, 7) is 0. The molecule has 4 N–H and O–H groups in total. The summed E-state index contributed by atoms with van der Waals surface area (Å²) in [5, 5.41) is 0. The molecule has 0 heterocycles. The SMILES string of the molecule is C1CCCC1.NN.